The predicted molar refractivity (Wildman–Crippen MR) is 59.2 cm³/mol. The molecule has 2 nitrogen and oxygen atoms in total. The van der Waals surface area contributed by atoms with Crippen molar-refractivity contribution < 1.29 is 4.79 Å². The molecule has 2 aliphatic rings. The summed E-state index contributed by atoms with van der Waals surface area (Å²) in [6.45, 7) is 5.67. The lowest BCUT2D eigenvalue weighted by Crippen LogP contribution is -2.20. The van der Waals surface area contributed by atoms with Crippen LogP contribution in [0.4, 0.5) is 0 Å². The molecule has 0 bridgehead atoms. The molecule has 0 radical (unpaired) electrons. The summed E-state index contributed by atoms with van der Waals surface area (Å²) in [6.07, 6.45) is 4.03. The Kier molecular flexibility index (Phi) is 1.68. The molecule has 0 saturated heterocycles. The topological polar surface area (TPSA) is 22.0 Å². The highest BCUT2D eigenvalue weighted by molar-refractivity contribution is 5.95. The molecule has 0 aromatic carbocycles. The van der Waals surface area contributed by atoms with Gasteiger partial charge in [0.05, 0.1) is 5.69 Å². The van der Waals surface area contributed by atoms with Gasteiger partial charge in [0.25, 0.3) is 0 Å². The SMILES string of the molecule is CC1(C)Cc2cc3n(c2C1)CCCC3=O. The molecule has 0 saturated carbocycles. The van der Waals surface area contributed by atoms with Gasteiger partial charge in [-0.1, -0.05) is 13.8 Å². The number of carbonyl (C=O) groups excluding carboxylic acids is 1. The van der Waals surface area contributed by atoms with Crippen molar-refractivity contribution in [3.05, 3.63) is 23.0 Å². The van der Waals surface area contributed by atoms with Crippen LogP contribution in [0.15, 0.2) is 6.07 Å². The quantitative estimate of drug-likeness (QED) is 0.635. The van der Waals surface area contributed by atoms with Gasteiger partial charge in [-0.3, -0.25) is 4.79 Å². The number of nitrogens with zero attached hydrogens (tertiary/aromatic N) is 1. The maximum atomic E-state index is 11.7. The van der Waals surface area contributed by atoms with Crippen LogP contribution in [-0.4, -0.2) is 10.4 Å². The maximum absolute atomic E-state index is 11.7. The van der Waals surface area contributed by atoms with Gasteiger partial charge in [0, 0.05) is 18.7 Å². The highest BCUT2D eigenvalue weighted by Crippen LogP contribution is 2.39. The van der Waals surface area contributed by atoms with Crippen LogP contribution in [0.5, 0.6) is 0 Å². The minimum absolute atomic E-state index is 0.341. The van der Waals surface area contributed by atoms with E-state index in [1.807, 2.05) is 0 Å². The Balaban J connectivity index is 2.10. The highest BCUT2D eigenvalue weighted by atomic mass is 16.1. The lowest BCUT2D eigenvalue weighted by molar-refractivity contribution is 0.0953. The van der Waals surface area contributed by atoms with Crippen molar-refractivity contribution in [2.45, 2.75) is 46.1 Å². The van der Waals surface area contributed by atoms with Gasteiger partial charge < -0.3 is 4.57 Å². The van der Waals surface area contributed by atoms with Gasteiger partial charge in [-0.25, -0.2) is 0 Å². The third-order valence-corrected chi connectivity index (χ3v) is 3.68. The summed E-state index contributed by atoms with van der Waals surface area (Å²) in [5.74, 6) is 0.341. The first-order valence-corrected chi connectivity index (χ1v) is 5.81. The average molecular weight is 203 g/mol. The molecule has 3 rings (SSSR count). The first kappa shape index (κ1) is 9.20. The number of Topliss-reactive ketones (excluding diaryl/α,β-unsaturated/α-hetero) is 1. The fourth-order valence-corrected chi connectivity index (χ4v) is 3.05. The molecule has 80 valence electrons. The number of ketones is 1. The van der Waals surface area contributed by atoms with Crippen LogP contribution in [0.1, 0.15) is 48.4 Å². The molecule has 1 aliphatic heterocycles. The van der Waals surface area contributed by atoms with E-state index in [1.165, 1.54) is 11.3 Å². The summed E-state index contributed by atoms with van der Waals surface area (Å²) >= 11 is 0. The number of aromatic nitrogens is 1. The molecule has 2 heteroatoms. The largest absolute Gasteiger partial charge is 0.342 e. The van der Waals surface area contributed by atoms with E-state index in [2.05, 4.69) is 24.5 Å². The lowest BCUT2D eigenvalue weighted by Gasteiger charge is -2.20. The first-order valence-electron chi connectivity index (χ1n) is 5.81. The average Bonchev–Trinajstić information content (AvgIpc) is 2.59. The second-order valence-electron chi connectivity index (χ2n) is 5.70. The van der Waals surface area contributed by atoms with E-state index < -0.39 is 0 Å². The molecule has 1 aromatic heterocycles. The lowest BCUT2D eigenvalue weighted by atomic mass is 9.90. The third kappa shape index (κ3) is 1.27. The Morgan fingerprint density at radius 2 is 2.13 bits per heavy atom. The zero-order valence-electron chi connectivity index (χ0n) is 9.47. The second kappa shape index (κ2) is 2.75. The van der Waals surface area contributed by atoms with E-state index in [4.69, 9.17) is 0 Å². The number of fused-ring (bicyclic) bond motifs is 3. The van der Waals surface area contributed by atoms with Crippen molar-refractivity contribution >= 4 is 5.78 Å². The predicted octanol–water partition coefficient (Wildman–Crippen LogP) is 2.59. The van der Waals surface area contributed by atoms with E-state index in [1.54, 1.807) is 0 Å². The number of carbonyl (C=O) groups is 1. The molecule has 1 aromatic rings. The van der Waals surface area contributed by atoms with E-state index in [9.17, 15) is 4.79 Å². The van der Waals surface area contributed by atoms with Crippen molar-refractivity contribution in [1.29, 1.82) is 0 Å². The van der Waals surface area contributed by atoms with Gasteiger partial charge in [0.1, 0.15) is 0 Å². The number of hydrogen-bond donors (Lipinski definition) is 0. The maximum Gasteiger partial charge on any atom is 0.179 e. The Bertz CT molecular complexity index is 440. The van der Waals surface area contributed by atoms with E-state index in [0.29, 0.717) is 11.2 Å². The van der Waals surface area contributed by atoms with Gasteiger partial charge in [0.2, 0.25) is 0 Å². The smallest absolute Gasteiger partial charge is 0.179 e. The van der Waals surface area contributed by atoms with E-state index in [-0.39, 0.29) is 0 Å². The van der Waals surface area contributed by atoms with Crippen LogP contribution in [0.2, 0.25) is 0 Å². The summed E-state index contributed by atoms with van der Waals surface area (Å²) in [7, 11) is 0. The minimum Gasteiger partial charge on any atom is -0.342 e. The molecule has 1 aliphatic carbocycles. The summed E-state index contributed by atoms with van der Waals surface area (Å²) in [5, 5.41) is 0. The third-order valence-electron chi connectivity index (χ3n) is 3.68. The summed E-state index contributed by atoms with van der Waals surface area (Å²) in [4.78, 5) is 11.7. The van der Waals surface area contributed by atoms with Crippen LogP contribution < -0.4 is 0 Å². The van der Waals surface area contributed by atoms with Gasteiger partial charge in [0.15, 0.2) is 5.78 Å². The Morgan fingerprint density at radius 3 is 2.93 bits per heavy atom. The van der Waals surface area contributed by atoms with Crippen LogP contribution in [-0.2, 0) is 19.4 Å². The van der Waals surface area contributed by atoms with Crippen molar-refractivity contribution in [2.24, 2.45) is 5.41 Å². The molecule has 0 fully saturated rings. The summed E-state index contributed by atoms with van der Waals surface area (Å²) < 4.78 is 2.27. The minimum atomic E-state index is 0.341. The summed E-state index contributed by atoms with van der Waals surface area (Å²) in [5.41, 5.74) is 4.22. The zero-order valence-corrected chi connectivity index (χ0v) is 9.47. The molecule has 0 spiro atoms. The standard InChI is InChI=1S/C13H17NO/c1-13(2)7-9-6-10-12(15)4-3-5-14(10)11(9)8-13/h6H,3-5,7-8H2,1-2H3. The van der Waals surface area contributed by atoms with Crippen LogP contribution in [0.3, 0.4) is 0 Å². The van der Waals surface area contributed by atoms with Gasteiger partial charge in [-0.15, -0.1) is 0 Å². The van der Waals surface area contributed by atoms with Crippen LogP contribution in [0.25, 0.3) is 0 Å². The van der Waals surface area contributed by atoms with Gasteiger partial charge >= 0.3 is 0 Å². The monoisotopic (exact) mass is 203 g/mol. The molecule has 0 atom stereocenters. The molecule has 0 amide bonds. The summed E-state index contributed by atoms with van der Waals surface area (Å²) in [6, 6.07) is 2.14. The van der Waals surface area contributed by atoms with Crippen LogP contribution in [0, 0.1) is 5.41 Å². The number of hydrogen-bond acceptors (Lipinski definition) is 1. The van der Waals surface area contributed by atoms with Crippen molar-refractivity contribution in [3.63, 3.8) is 0 Å². The van der Waals surface area contributed by atoms with E-state index >= 15 is 0 Å². The molecule has 2 heterocycles. The van der Waals surface area contributed by atoms with Crippen molar-refractivity contribution in [3.8, 4) is 0 Å². The highest BCUT2D eigenvalue weighted by Gasteiger charge is 2.34. The van der Waals surface area contributed by atoms with Crippen LogP contribution >= 0.6 is 0 Å². The second-order valence-corrected chi connectivity index (χ2v) is 5.70. The Labute approximate surface area is 90.3 Å². The number of rotatable bonds is 0. The van der Waals surface area contributed by atoms with E-state index in [0.717, 1.165) is 37.9 Å². The molecule has 15 heavy (non-hydrogen) atoms. The molecular weight excluding hydrogens is 186 g/mol. The van der Waals surface area contributed by atoms with Crippen molar-refractivity contribution in [2.75, 3.05) is 0 Å². The molecular formula is C13H17NO. The molecule has 0 unspecified atom stereocenters. The fourth-order valence-electron chi connectivity index (χ4n) is 3.05. The first-order chi connectivity index (χ1) is 7.07. The molecule has 0 N–H and O–H groups in total. The zero-order chi connectivity index (χ0) is 10.6. The van der Waals surface area contributed by atoms with Gasteiger partial charge in [-0.2, -0.15) is 0 Å². The Morgan fingerprint density at radius 1 is 1.33 bits per heavy atom. The van der Waals surface area contributed by atoms with Crippen molar-refractivity contribution in [1.82, 2.24) is 4.57 Å². The fraction of sp³-hybridized carbons (Fsp3) is 0.615. The Hall–Kier alpha value is -1.05. The van der Waals surface area contributed by atoms with Gasteiger partial charge in [-0.05, 0) is 36.3 Å². The normalized spacial score (nSPS) is 22.7.